The van der Waals surface area contributed by atoms with Gasteiger partial charge in [-0.15, -0.1) is 0 Å². The van der Waals surface area contributed by atoms with Crippen molar-refractivity contribution in [1.82, 2.24) is 0 Å². The lowest BCUT2D eigenvalue weighted by Crippen LogP contribution is -2.01. The second-order valence-corrected chi connectivity index (χ2v) is 6.46. The summed E-state index contributed by atoms with van der Waals surface area (Å²) >= 11 is 0. The fourth-order valence-electron chi connectivity index (χ4n) is 2.54. The van der Waals surface area contributed by atoms with Gasteiger partial charge in [-0.3, -0.25) is 4.55 Å². The minimum Gasteiger partial charge on any atom is -0.491 e. The predicted molar refractivity (Wildman–Crippen MR) is 80.2 cm³/mol. The summed E-state index contributed by atoms with van der Waals surface area (Å²) in [5.41, 5.74) is 3.18. The van der Waals surface area contributed by atoms with Crippen molar-refractivity contribution in [1.29, 1.82) is 5.26 Å². The molecule has 1 N–H and O–H groups in total. The number of ether oxygens (including phenoxy) is 1. The first-order valence-corrected chi connectivity index (χ1v) is 8.16. The normalized spacial score (nSPS) is 13.3. The molecule has 0 amide bonds. The zero-order valence-corrected chi connectivity index (χ0v) is 12.4. The highest BCUT2D eigenvalue weighted by Gasteiger charge is 2.25. The van der Waals surface area contributed by atoms with Crippen LogP contribution in [0.4, 0.5) is 0 Å². The second-order valence-electron chi connectivity index (χ2n) is 5.07. The number of nitriles is 1. The fourth-order valence-corrected chi connectivity index (χ4v) is 3.24. The van der Waals surface area contributed by atoms with E-state index in [0.717, 1.165) is 16.7 Å². The monoisotopic (exact) mass is 315 g/mol. The van der Waals surface area contributed by atoms with Crippen LogP contribution in [0.3, 0.4) is 0 Å². The molecule has 0 aromatic heterocycles. The highest BCUT2D eigenvalue weighted by Crippen LogP contribution is 2.37. The van der Waals surface area contributed by atoms with E-state index >= 15 is 0 Å². The van der Waals surface area contributed by atoms with Crippen molar-refractivity contribution in [3.8, 4) is 22.9 Å². The van der Waals surface area contributed by atoms with Crippen molar-refractivity contribution in [2.45, 2.75) is 17.7 Å². The zero-order chi connectivity index (χ0) is 15.7. The molecular weight excluding hydrogens is 302 g/mol. The Hall–Kier alpha value is -2.36. The molecule has 0 saturated heterocycles. The van der Waals surface area contributed by atoms with Crippen LogP contribution in [0.25, 0.3) is 11.1 Å². The molecule has 5 nitrogen and oxygen atoms in total. The van der Waals surface area contributed by atoms with E-state index in [1.54, 1.807) is 0 Å². The molecule has 0 atom stereocenters. The van der Waals surface area contributed by atoms with E-state index in [9.17, 15) is 13.0 Å². The minimum absolute atomic E-state index is 0.196. The molecule has 1 aliphatic heterocycles. The van der Waals surface area contributed by atoms with E-state index in [0.29, 0.717) is 25.0 Å². The highest BCUT2D eigenvalue weighted by atomic mass is 32.2. The van der Waals surface area contributed by atoms with Crippen LogP contribution in [-0.4, -0.2) is 19.6 Å². The van der Waals surface area contributed by atoms with Crippen molar-refractivity contribution >= 4 is 10.1 Å². The molecule has 2 aromatic rings. The SMILES string of the molecule is N#CCc1ccc(-c2cc3c(c(S(=O)(=O)O)c2)OCC3)cc1. The summed E-state index contributed by atoms with van der Waals surface area (Å²) in [6.45, 7) is 0.405. The zero-order valence-electron chi connectivity index (χ0n) is 11.6. The lowest BCUT2D eigenvalue weighted by atomic mass is 10.00. The van der Waals surface area contributed by atoms with E-state index in [4.69, 9.17) is 10.00 Å². The summed E-state index contributed by atoms with van der Waals surface area (Å²) in [4.78, 5) is -0.196. The maximum atomic E-state index is 11.6. The summed E-state index contributed by atoms with van der Waals surface area (Å²) in [7, 11) is -4.34. The van der Waals surface area contributed by atoms with Gasteiger partial charge in [-0.25, -0.2) is 0 Å². The molecule has 0 bridgehead atoms. The van der Waals surface area contributed by atoms with Crippen molar-refractivity contribution in [3.63, 3.8) is 0 Å². The summed E-state index contributed by atoms with van der Waals surface area (Å²) in [5, 5.41) is 8.68. The molecule has 0 fully saturated rings. The second kappa shape index (κ2) is 5.44. The molecule has 22 heavy (non-hydrogen) atoms. The number of benzene rings is 2. The van der Waals surface area contributed by atoms with Gasteiger partial charge in [-0.05, 0) is 34.4 Å². The third-order valence-electron chi connectivity index (χ3n) is 3.60. The van der Waals surface area contributed by atoms with Crippen LogP contribution < -0.4 is 4.74 Å². The van der Waals surface area contributed by atoms with Crippen LogP contribution in [-0.2, 0) is 23.0 Å². The number of rotatable bonds is 3. The summed E-state index contributed by atoms with van der Waals surface area (Å²) < 4.78 is 37.8. The Morgan fingerprint density at radius 1 is 1.18 bits per heavy atom. The van der Waals surface area contributed by atoms with E-state index in [1.807, 2.05) is 30.3 Å². The van der Waals surface area contributed by atoms with Crippen LogP contribution in [0.1, 0.15) is 11.1 Å². The van der Waals surface area contributed by atoms with Gasteiger partial charge in [0, 0.05) is 6.42 Å². The van der Waals surface area contributed by atoms with Crippen molar-refractivity contribution < 1.29 is 17.7 Å². The van der Waals surface area contributed by atoms with Crippen LogP contribution in [0.2, 0.25) is 0 Å². The molecule has 0 radical (unpaired) electrons. The first kappa shape index (κ1) is 14.6. The van der Waals surface area contributed by atoms with Gasteiger partial charge < -0.3 is 4.74 Å². The Kier molecular flexibility index (Phi) is 3.61. The van der Waals surface area contributed by atoms with Gasteiger partial charge in [0.2, 0.25) is 0 Å². The summed E-state index contributed by atoms with van der Waals surface area (Å²) in [5.74, 6) is 0.243. The Balaban J connectivity index is 2.10. The lowest BCUT2D eigenvalue weighted by molar-refractivity contribution is 0.346. The third kappa shape index (κ3) is 2.69. The summed E-state index contributed by atoms with van der Waals surface area (Å²) in [6, 6.07) is 12.7. The highest BCUT2D eigenvalue weighted by molar-refractivity contribution is 7.86. The maximum absolute atomic E-state index is 11.6. The van der Waals surface area contributed by atoms with Gasteiger partial charge in [0.25, 0.3) is 10.1 Å². The third-order valence-corrected chi connectivity index (χ3v) is 4.46. The molecule has 0 aliphatic carbocycles. The van der Waals surface area contributed by atoms with Crippen LogP contribution >= 0.6 is 0 Å². The predicted octanol–water partition coefficient (Wildman–Crippen LogP) is 2.60. The first-order chi connectivity index (χ1) is 10.5. The van der Waals surface area contributed by atoms with Crippen molar-refractivity contribution in [2.24, 2.45) is 0 Å². The van der Waals surface area contributed by atoms with Crippen LogP contribution in [0.15, 0.2) is 41.3 Å². The molecule has 1 heterocycles. The fraction of sp³-hybridized carbons (Fsp3) is 0.188. The molecule has 2 aromatic carbocycles. The van der Waals surface area contributed by atoms with E-state index in [2.05, 4.69) is 6.07 Å². The van der Waals surface area contributed by atoms with Gasteiger partial charge in [0.15, 0.2) is 0 Å². The molecule has 0 unspecified atom stereocenters. The number of hydrogen-bond acceptors (Lipinski definition) is 4. The quantitative estimate of drug-likeness (QED) is 0.880. The van der Waals surface area contributed by atoms with Gasteiger partial charge >= 0.3 is 0 Å². The van der Waals surface area contributed by atoms with Crippen molar-refractivity contribution in [3.05, 3.63) is 47.5 Å². The average Bonchev–Trinajstić information content (AvgIpc) is 2.94. The molecule has 0 spiro atoms. The molecule has 112 valence electrons. The summed E-state index contributed by atoms with van der Waals surface area (Å²) in [6.07, 6.45) is 0.937. The largest absolute Gasteiger partial charge is 0.491 e. The number of hydrogen-bond donors (Lipinski definition) is 1. The van der Waals surface area contributed by atoms with Gasteiger partial charge in [-0.2, -0.15) is 13.7 Å². The smallest absolute Gasteiger partial charge is 0.298 e. The Morgan fingerprint density at radius 2 is 1.91 bits per heavy atom. The molecule has 0 saturated carbocycles. The van der Waals surface area contributed by atoms with Crippen LogP contribution in [0, 0.1) is 11.3 Å². The van der Waals surface area contributed by atoms with Gasteiger partial charge in [0.1, 0.15) is 10.6 Å². The Labute approximate surface area is 128 Å². The maximum Gasteiger partial charge on any atom is 0.298 e. The van der Waals surface area contributed by atoms with E-state index in [-0.39, 0.29) is 10.6 Å². The molecule has 1 aliphatic rings. The molecular formula is C16H13NO4S. The Bertz CT molecular complexity index is 864. The Morgan fingerprint density at radius 3 is 2.55 bits per heavy atom. The van der Waals surface area contributed by atoms with E-state index < -0.39 is 10.1 Å². The van der Waals surface area contributed by atoms with Crippen molar-refractivity contribution in [2.75, 3.05) is 6.61 Å². The molecule has 3 rings (SSSR count). The number of nitrogens with zero attached hydrogens (tertiary/aromatic N) is 1. The average molecular weight is 315 g/mol. The standard InChI is InChI=1S/C16H13NO4S/c17-7-5-11-1-3-12(4-2-11)14-9-13-6-8-21-16(13)15(10-14)22(18,19)20/h1-4,9-10H,5-6,8H2,(H,18,19,20). The molecule has 6 heteroatoms. The van der Waals surface area contributed by atoms with Gasteiger partial charge in [-0.1, -0.05) is 24.3 Å². The topological polar surface area (TPSA) is 87.4 Å². The number of fused-ring (bicyclic) bond motifs is 1. The van der Waals surface area contributed by atoms with Gasteiger partial charge in [0.05, 0.1) is 19.1 Å². The van der Waals surface area contributed by atoms with Crippen LogP contribution in [0.5, 0.6) is 5.75 Å². The first-order valence-electron chi connectivity index (χ1n) is 6.72. The lowest BCUT2D eigenvalue weighted by Gasteiger charge is -2.09. The van der Waals surface area contributed by atoms with E-state index in [1.165, 1.54) is 6.07 Å². The minimum atomic E-state index is -4.34.